The predicted octanol–water partition coefficient (Wildman–Crippen LogP) is 4.88. The zero-order valence-electron chi connectivity index (χ0n) is 17.1. The normalized spacial score (nSPS) is 14.4. The molecule has 0 bridgehead atoms. The number of alkyl halides is 3. The van der Waals surface area contributed by atoms with E-state index in [9.17, 15) is 32.9 Å². The van der Waals surface area contributed by atoms with Crippen molar-refractivity contribution in [1.82, 2.24) is 4.90 Å². The minimum absolute atomic E-state index is 0.0174. The van der Waals surface area contributed by atoms with Crippen LogP contribution in [0.4, 0.5) is 18.9 Å². The molecule has 33 heavy (non-hydrogen) atoms. The maximum atomic E-state index is 12.8. The number of hydrogen-bond acceptors (Lipinski definition) is 7. The van der Waals surface area contributed by atoms with Gasteiger partial charge in [-0.05, 0) is 30.7 Å². The summed E-state index contributed by atoms with van der Waals surface area (Å²) in [4.78, 5) is 36.2. The molecule has 0 saturated carbocycles. The SMILES string of the molecule is O=C1CCN(CCCOC(=O)c2cc(Oc3ccc(C(F)(F)F)cc3Cl)ccc2[N+](=O)[O-])C1. The number of rotatable bonds is 8. The largest absolute Gasteiger partial charge is 0.462 e. The minimum Gasteiger partial charge on any atom is -0.462 e. The van der Waals surface area contributed by atoms with Gasteiger partial charge in [0.2, 0.25) is 0 Å². The average Bonchev–Trinajstić information content (AvgIpc) is 3.16. The molecule has 0 radical (unpaired) electrons. The number of esters is 1. The average molecular weight is 487 g/mol. The van der Waals surface area contributed by atoms with Crippen molar-refractivity contribution < 1.29 is 37.2 Å². The summed E-state index contributed by atoms with van der Waals surface area (Å²) in [5.41, 5.74) is -1.86. The molecule has 12 heteroatoms. The fraction of sp³-hybridized carbons (Fsp3) is 0.333. The molecule has 1 saturated heterocycles. The third kappa shape index (κ3) is 6.42. The fourth-order valence-electron chi connectivity index (χ4n) is 3.20. The highest BCUT2D eigenvalue weighted by atomic mass is 35.5. The maximum absolute atomic E-state index is 12.8. The first-order chi connectivity index (χ1) is 15.5. The van der Waals surface area contributed by atoms with Gasteiger partial charge in [-0.25, -0.2) is 4.79 Å². The summed E-state index contributed by atoms with van der Waals surface area (Å²) in [6, 6.07) is 5.75. The highest BCUT2D eigenvalue weighted by Gasteiger charge is 2.31. The van der Waals surface area contributed by atoms with Crippen molar-refractivity contribution >= 4 is 29.0 Å². The minimum atomic E-state index is -4.59. The second-order valence-corrected chi connectivity index (χ2v) is 7.64. The van der Waals surface area contributed by atoms with Crippen LogP contribution in [0, 0.1) is 10.1 Å². The van der Waals surface area contributed by atoms with Gasteiger partial charge in [0.25, 0.3) is 5.69 Å². The molecule has 176 valence electrons. The molecule has 0 N–H and O–H groups in total. The number of nitro groups is 1. The summed E-state index contributed by atoms with van der Waals surface area (Å²) >= 11 is 5.87. The van der Waals surface area contributed by atoms with Crippen molar-refractivity contribution in [2.24, 2.45) is 0 Å². The first kappa shape index (κ1) is 24.5. The van der Waals surface area contributed by atoms with Gasteiger partial charge in [-0.15, -0.1) is 0 Å². The second kappa shape index (κ2) is 10.2. The Bertz CT molecular complexity index is 1080. The van der Waals surface area contributed by atoms with E-state index in [1.54, 1.807) is 0 Å². The molecule has 1 fully saturated rings. The van der Waals surface area contributed by atoms with Gasteiger partial charge in [0.05, 0.1) is 28.7 Å². The first-order valence-corrected chi connectivity index (χ1v) is 10.2. The van der Waals surface area contributed by atoms with Crippen LogP contribution in [0.3, 0.4) is 0 Å². The second-order valence-electron chi connectivity index (χ2n) is 7.24. The summed E-state index contributed by atoms with van der Waals surface area (Å²) < 4.78 is 48.9. The van der Waals surface area contributed by atoms with E-state index in [0.717, 1.165) is 24.3 Å². The monoisotopic (exact) mass is 486 g/mol. The van der Waals surface area contributed by atoms with Crippen LogP contribution in [0.1, 0.15) is 28.8 Å². The molecule has 8 nitrogen and oxygen atoms in total. The van der Waals surface area contributed by atoms with Gasteiger partial charge in [-0.3, -0.25) is 19.8 Å². The third-order valence-corrected chi connectivity index (χ3v) is 5.13. The van der Waals surface area contributed by atoms with Gasteiger partial charge in [-0.1, -0.05) is 11.6 Å². The highest BCUT2D eigenvalue weighted by molar-refractivity contribution is 6.32. The number of nitrogens with zero attached hydrogens (tertiary/aromatic N) is 2. The van der Waals surface area contributed by atoms with Crippen LogP contribution < -0.4 is 4.74 Å². The Morgan fingerprint density at radius 1 is 1.21 bits per heavy atom. The number of hydrogen-bond donors (Lipinski definition) is 0. The number of halogens is 4. The van der Waals surface area contributed by atoms with Crippen LogP contribution >= 0.6 is 11.6 Å². The molecule has 1 aliphatic heterocycles. The molecule has 0 unspecified atom stereocenters. The Balaban J connectivity index is 1.69. The fourth-order valence-corrected chi connectivity index (χ4v) is 3.42. The van der Waals surface area contributed by atoms with Gasteiger partial charge in [-0.2, -0.15) is 13.2 Å². The molecule has 0 amide bonds. The molecule has 2 aromatic rings. The number of nitro benzene ring substituents is 1. The molecule has 0 spiro atoms. The summed E-state index contributed by atoms with van der Waals surface area (Å²) in [5.74, 6) is -0.987. The van der Waals surface area contributed by atoms with Crippen molar-refractivity contribution in [3.63, 3.8) is 0 Å². The number of likely N-dealkylation sites (tertiary alicyclic amines) is 1. The third-order valence-electron chi connectivity index (χ3n) is 4.83. The standard InChI is InChI=1S/C21H18ClF3N2O6/c22-17-10-13(21(23,24)25)2-5-19(17)33-15-3-4-18(27(30)31)16(11-15)20(29)32-9-1-7-26-8-6-14(28)12-26/h2-5,10-11H,1,6-9,12H2. The van der Waals surface area contributed by atoms with Gasteiger partial charge < -0.3 is 9.47 Å². The van der Waals surface area contributed by atoms with E-state index < -0.39 is 28.3 Å². The lowest BCUT2D eigenvalue weighted by molar-refractivity contribution is -0.385. The van der Waals surface area contributed by atoms with E-state index in [0.29, 0.717) is 38.5 Å². The molecule has 0 atom stereocenters. The molecule has 1 heterocycles. The number of benzene rings is 2. The number of carbonyl (C=O) groups excluding carboxylic acids is 2. The Morgan fingerprint density at radius 2 is 1.97 bits per heavy atom. The number of carbonyl (C=O) groups is 2. The Kier molecular flexibility index (Phi) is 7.54. The Morgan fingerprint density at radius 3 is 2.58 bits per heavy atom. The van der Waals surface area contributed by atoms with E-state index in [-0.39, 0.29) is 34.5 Å². The van der Waals surface area contributed by atoms with Gasteiger partial charge in [0, 0.05) is 31.6 Å². The van der Waals surface area contributed by atoms with Crippen molar-refractivity contribution in [1.29, 1.82) is 0 Å². The molecule has 0 aromatic heterocycles. The lowest BCUT2D eigenvalue weighted by Crippen LogP contribution is -2.23. The van der Waals surface area contributed by atoms with Gasteiger partial charge >= 0.3 is 12.1 Å². The number of ketones is 1. The lowest BCUT2D eigenvalue weighted by Gasteiger charge is -2.13. The quantitative estimate of drug-likeness (QED) is 0.227. The molecule has 3 rings (SSSR count). The Labute approximate surface area is 191 Å². The Hall–Kier alpha value is -3.18. The summed E-state index contributed by atoms with van der Waals surface area (Å²) in [6.45, 7) is 1.52. The van der Waals surface area contributed by atoms with Crippen LogP contribution in [-0.2, 0) is 15.7 Å². The van der Waals surface area contributed by atoms with Crippen molar-refractivity contribution in [2.75, 3.05) is 26.2 Å². The lowest BCUT2D eigenvalue weighted by atomic mass is 10.1. The molecular formula is C21H18ClF3N2O6. The first-order valence-electron chi connectivity index (χ1n) is 9.79. The highest BCUT2D eigenvalue weighted by Crippen LogP contribution is 2.37. The number of ether oxygens (including phenoxy) is 2. The molecule has 2 aromatic carbocycles. The van der Waals surface area contributed by atoms with Crippen LogP contribution in [0.5, 0.6) is 11.5 Å². The van der Waals surface area contributed by atoms with E-state index in [4.69, 9.17) is 21.1 Å². The van der Waals surface area contributed by atoms with E-state index in [1.807, 2.05) is 4.90 Å². The topological polar surface area (TPSA) is 99.0 Å². The van der Waals surface area contributed by atoms with Crippen molar-refractivity contribution in [3.05, 3.63) is 62.7 Å². The van der Waals surface area contributed by atoms with Gasteiger partial charge in [0.15, 0.2) is 0 Å². The maximum Gasteiger partial charge on any atom is 0.416 e. The zero-order chi connectivity index (χ0) is 24.2. The van der Waals surface area contributed by atoms with Crippen LogP contribution in [0.15, 0.2) is 36.4 Å². The molecular weight excluding hydrogens is 469 g/mol. The van der Waals surface area contributed by atoms with Crippen LogP contribution in [0.2, 0.25) is 5.02 Å². The van der Waals surface area contributed by atoms with E-state index in [2.05, 4.69) is 0 Å². The van der Waals surface area contributed by atoms with Crippen molar-refractivity contribution in [3.8, 4) is 11.5 Å². The smallest absolute Gasteiger partial charge is 0.416 e. The number of Topliss-reactive ketones (excluding diaryl/α,β-unsaturated/α-hetero) is 1. The summed E-state index contributed by atoms with van der Waals surface area (Å²) in [6.07, 6.45) is -3.66. The summed E-state index contributed by atoms with van der Waals surface area (Å²) in [5, 5.41) is 11.0. The van der Waals surface area contributed by atoms with E-state index in [1.165, 1.54) is 6.07 Å². The van der Waals surface area contributed by atoms with Crippen LogP contribution in [-0.4, -0.2) is 47.8 Å². The van der Waals surface area contributed by atoms with E-state index >= 15 is 0 Å². The predicted molar refractivity (Wildman–Crippen MR) is 111 cm³/mol. The van der Waals surface area contributed by atoms with Gasteiger partial charge in [0.1, 0.15) is 22.8 Å². The van der Waals surface area contributed by atoms with Crippen LogP contribution in [0.25, 0.3) is 0 Å². The van der Waals surface area contributed by atoms with Crippen molar-refractivity contribution in [2.45, 2.75) is 19.0 Å². The summed E-state index contributed by atoms with van der Waals surface area (Å²) in [7, 11) is 0. The molecule has 0 aliphatic carbocycles. The molecule has 1 aliphatic rings. The zero-order valence-corrected chi connectivity index (χ0v) is 17.8.